The Morgan fingerprint density at radius 2 is 1.88 bits per heavy atom. The molecule has 0 spiro atoms. The van der Waals surface area contributed by atoms with E-state index in [1.54, 1.807) is 0 Å². The Hall–Kier alpha value is -2.21. The average molecular weight is 356 g/mol. The smallest absolute Gasteiger partial charge is 0.165 e. The predicted molar refractivity (Wildman–Crippen MR) is 96.6 cm³/mol. The first kappa shape index (κ1) is 16.3. The minimum atomic E-state index is -3.20. The summed E-state index contributed by atoms with van der Waals surface area (Å²) in [5.41, 5.74) is 2.39. The lowest BCUT2D eigenvalue weighted by molar-refractivity contribution is 0.0994. The number of nitrogens with zero attached hydrogens (tertiary/aromatic N) is 2. The van der Waals surface area contributed by atoms with Crippen LogP contribution in [0.1, 0.15) is 34.5 Å². The van der Waals surface area contributed by atoms with E-state index in [4.69, 9.17) is 0 Å². The zero-order valence-corrected chi connectivity index (χ0v) is 14.7. The number of aryl methyl sites for hydroxylation is 1. The van der Waals surface area contributed by atoms with Crippen LogP contribution in [0.4, 0.5) is 5.82 Å². The SMILES string of the molecule is O=C1CCc2nc(N3CCC(S(=O)(=O)Cc4ccccc4)C3)ccc21. The van der Waals surface area contributed by atoms with E-state index in [1.807, 2.05) is 47.4 Å². The molecule has 2 aromatic rings. The van der Waals surface area contributed by atoms with E-state index < -0.39 is 9.84 Å². The average Bonchev–Trinajstić information content (AvgIpc) is 3.23. The molecule has 5 nitrogen and oxygen atoms in total. The Labute approximate surface area is 147 Å². The number of fused-ring (bicyclic) bond motifs is 1. The third kappa shape index (κ3) is 3.18. The highest BCUT2D eigenvalue weighted by molar-refractivity contribution is 7.91. The van der Waals surface area contributed by atoms with Gasteiger partial charge in [0.05, 0.1) is 16.7 Å². The van der Waals surface area contributed by atoms with Gasteiger partial charge in [0.1, 0.15) is 5.82 Å². The lowest BCUT2D eigenvalue weighted by atomic mass is 10.2. The van der Waals surface area contributed by atoms with Gasteiger partial charge in [-0.3, -0.25) is 4.79 Å². The molecule has 2 aliphatic rings. The summed E-state index contributed by atoms with van der Waals surface area (Å²) in [4.78, 5) is 18.3. The summed E-state index contributed by atoms with van der Waals surface area (Å²) >= 11 is 0. The molecule has 0 bridgehead atoms. The fourth-order valence-corrected chi connectivity index (χ4v) is 5.40. The van der Waals surface area contributed by atoms with Gasteiger partial charge in [0.15, 0.2) is 15.6 Å². The summed E-state index contributed by atoms with van der Waals surface area (Å²) in [6.07, 6.45) is 1.83. The molecule has 1 aromatic carbocycles. The zero-order chi connectivity index (χ0) is 17.4. The number of hydrogen-bond acceptors (Lipinski definition) is 5. The Kier molecular flexibility index (Phi) is 4.07. The maximum absolute atomic E-state index is 12.7. The van der Waals surface area contributed by atoms with E-state index in [0.717, 1.165) is 22.6 Å². The van der Waals surface area contributed by atoms with Crippen molar-refractivity contribution in [2.75, 3.05) is 18.0 Å². The molecule has 6 heteroatoms. The van der Waals surface area contributed by atoms with Crippen LogP contribution in [-0.2, 0) is 22.0 Å². The molecule has 0 amide bonds. The summed E-state index contributed by atoms with van der Waals surface area (Å²) in [5, 5.41) is -0.371. The Balaban J connectivity index is 1.49. The van der Waals surface area contributed by atoms with Gasteiger partial charge in [0.2, 0.25) is 0 Å². The highest BCUT2D eigenvalue weighted by Gasteiger charge is 2.34. The summed E-state index contributed by atoms with van der Waals surface area (Å²) in [5.74, 6) is 1.02. The Morgan fingerprint density at radius 3 is 2.68 bits per heavy atom. The second kappa shape index (κ2) is 6.26. The van der Waals surface area contributed by atoms with Crippen LogP contribution in [0.15, 0.2) is 42.5 Å². The standard InChI is InChI=1S/C19H20N2O3S/c22-18-8-7-17-16(18)6-9-19(20-17)21-11-10-15(12-21)25(23,24)13-14-4-2-1-3-5-14/h1-6,9,15H,7-8,10-13H2. The first-order chi connectivity index (χ1) is 12.0. The number of carbonyl (C=O) groups excluding carboxylic acids is 1. The molecule has 1 saturated heterocycles. The van der Waals surface area contributed by atoms with Crippen LogP contribution in [0.25, 0.3) is 0 Å². The molecule has 2 heterocycles. The molecule has 0 saturated carbocycles. The van der Waals surface area contributed by atoms with Gasteiger partial charge in [-0.15, -0.1) is 0 Å². The van der Waals surface area contributed by atoms with Crippen LogP contribution in [0.2, 0.25) is 0 Å². The molecule has 130 valence electrons. The third-order valence-electron chi connectivity index (χ3n) is 5.04. The molecule has 0 radical (unpaired) electrons. The van der Waals surface area contributed by atoms with E-state index in [2.05, 4.69) is 4.98 Å². The molecule has 1 atom stereocenters. The lowest BCUT2D eigenvalue weighted by Gasteiger charge is -2.18. The molecular weight excluding hydrogens is 336 g/mol. The zero-order valence-electron chi connectivity index (χ0n) is 13.9. The van der Waals surface area contributed by atoms with Crippen molar-refractivity contribution < 1.29 is 13.2 Å². The van der Waals surface area contributed by atoms with Crippen molar-refractivity contribution >= 4 is 21.4 Å². The number of ketones is 1. The fourth-order valence-electron chi connectivity index (χ4n) is 3.63. The molecule has 0 N–H and O–H groups in total. The van der Waals surface area contributed by atoms with Gasteiger partial charge in [0.25, 0.3) is 0 Å². The number of Topliss-reactive ketones (excluding diaryl/α,β-unsaturated/α-hetero) is 1. The van der Waals surface area contributed by atoms with Crippen molar-refractivity contribution in [2.24, 2.45) is 0 Å². The number of anilines is 1. The van der Waals surface area contributed by atoms with Crippen LogP contribution >= 0.6 is 0 Å². The number of sulfone groups is 1. The predicted octanol–water partition coefficient (Wildman–Crippen LogP) is 2.40. The van der Waals surface area contributed by atoms with Crippen molar-refractivity contribution in [1.29, 1.82) is 0 Å². The highest BCUT2D eigenvalue weighted by atomic mass is 32.2. The maximum Gasteiger partial charge on any atom is 0.165 e. The largest absolute Gasteiger partial charge is 0.355 e. The van der Waals surface area contributed by atoms with E-state index in [-0.39, 0.29) is 16.8 Å². The van der Waals surface area contributed by atoms with Crippen LogP contribution < -0.4 is 4.90 Å². The normalized spacial score (nSPS) is 20.1. The third-order valence-corrected chi connectivity index (χ3v) is 7.17. The van der Waals surface area contributed by atoms with Crippen molar-refractivity contribution in [2.45, 2.75) is 30.3 Å². The van der Waals surface area contributed by atoms with E-state index in [9.17, 15) is 13.2 Å². The minimum Gasteiger partial charge on any atom is -0.355 e. The molecule has 1 aliphatic heterocycles. The molecule has 1 aromatic heterocycles. The summed E-state index contributed by atoms with van der Waals surface area (Å²) in [7, 11) is -3.20. The molecule has 4 rings (SSSR count). The van der Waals surface area contributed by atoms with Crippen molar-refractivity contribution in [3.05, 3.63) is 59.3 Å². The van der Waals surface area contributed by atoms with Crippen molar-refractivity contribution in [3.63, 3.8) is 0 Å². The molecule has 1 aliphatic carbocycles. The summed E-state index contributed by atoms with van der Waals surface area (Å²) in [6, 6.07) is 13.0. The van der Waals surface area contributed by atoms with Crippen LogP contribution in [0, 0.1) is 0 Å². The van der Waals surface area contributed by atoms with Gasteiger partial charge in [-0.25, -0.2) is 13.4 Å². The first-order valence-electron chi connectivity index (χ1n) is 8.56. The van der Waals surface area contributed by atoms with E-state index in [0.29, 0.717) is 32.4 Å². The van der Waals surface area contributed by atoms with Gasteiger partial charge < -0.3 is 4.90 Å². The molecule has 1 fully saturated rings. The van der Waals surface area contributed by atoms with Gasteiger partial charge in [-0.05, 0) is 30.5 Å². The number of carbonyl (C=O) groups is 1. The number of rotatable bonds is 4. The van der Waals surface area contributed by atoms with Gasteiger partial charge in [-0.2, -0.15) is 0 Å². The lowest BCUT2D eigenvalue weighted by Crippen LogP contribution is -2.28. The highest BCUT2D eigenvalue weighted by Crippen LogP contribution is 2.28. The number of aromatic nitrogens is 1. The van der Waals surface area contributed by atoms with Crippen molar-refractivity contribution in [1.82, 2.24) is 4.98 Å². The van der Waals surface area contributed by atoms with Gasteiger partial charge in [0, 0.05) is 25.1 Å². The monoisotopic (exact) mass is 356 g/mol. The number of benzene rings is 1. The Morgan fingerprint density at radius 1 is 1.08 bits per heavy atom. The number of hydrogen-bond donors (Lipinski definition) is 0. The van der Waals surface area contributed by atoms with Gasteiger partial charge >= 0.3 is 0 Å². The maximum atomic E-state index is 12.7. The minimum absolute atomic E-state index is 0.0818. The number of pyridine rings is 1. The summed E-state index contributed by atoms with van der Waals surface area (Å²) < 4.78 is 25.4. The topological polar surface area (TPSA) is 67.3 Å². The second-order valence-corrected chi connectivity index (χ2v) is 9.02. The Bertz CT molecular complexity index is 910. The summed E-state index contributed by atoms with van der Waals surface area (Å²) in [6.45, 7) is 1.15. The van der Waals surface area contributed by atoms with Crippen molar-refractivity contribution in [3.8, 4) is 0 Å². The quantitative estimate of drug-likeness (QED) is 0.841. The van der Waals surface area contributed by atoms with Gasteiger partial charge in [-0.1, -0.05) is 30.3 Å². The molecule has 1 unspecified atom stereocenters. The van der Waals surface area contributed by atoms with Crippen LogP contribution in [0.3, 0.4) is 0 Å². The van der Waals surface area contributed by atoms with E-state index >= 15 is 0 Å². The first-order valence-corrected chi connectivity index (χ1v) is 10.3. The molecular formula is C19H20N2O3S. The second-order valence-electron chi connectivity index (χ2n) is 6.74. The molecule has 25 heavy (non-hydrogen) atoms. The van der Waals surface area contributed by atoms with Crippen LogP contribution in [0.5, 0.6) is 0 Å². The van der Waals surface area contributed by atoms with E-state index in [1.165, 1.54) is 0 Å². The van der Waals surface area contributed by atoms with Crippen LogP contribution in [-0.4, -0.2) is 37.5 Å². The fraction of sp³-hybridized carbons (Fsp3) is 0.368.